The Kier molecular flexibility index (Phi) is 9.44. The fraction of sp³-hybridized carbons (Fsp3) is 1.00. The van der Waals surface area contributed by atoms with Crippen LogP contribution in [0.2, 0.25) is 0 Å². The van der Waals surface area contributed by atoms with Crippen LogP contribution in [0.15, 0.2) is 0 Å². The number of rotatable bonds is 12. The maximum atomic E-state index is 6.14. The van der Waals surface area contributed by atoms with Gasteiger partial charge in [0.25, 0.3) is 0 Å². The van der Waals surface area contributed by atoms with E-state index in [1.54, 1.807) is 7.11 Å². The maximum absolute atomic E-state index is 6.14. The van der Waals surface area contributed by atoms with Gasteiger partial charge in [-0.3, -0.25) is 0 Å². The van der Waals surface area contributed by atoms with Crippen molar-refractivity contribution in [1.29, 1.82) is 0 Å². The van der Waals surface area contributed by atoms with Crippen LogP contribution in [0.25, 0.3) is 0 Å². The number of ether oxygens (including phenoxy) is 3. The lowest BCUT2D eigenvalue weighted by Gasteiger charge is -2.44. The number of nitrogens with one attached hydrogen (secondary N) is 1. The Morgan fingerprint density at radius 3 is 2.65 bits per heavy atom. The van der Waals surface area contributed by atoms with E-state index in [0.717, 1.165) is 12.8 Å². The van der Waals surface area contributed by atoms with Gasteiger partial charge in [0.1, 0.15) is 0 Å². The lowest BCUT2D eigenvalue weighted by atomic mass is 9.85. The molecule has 4 heteroatoms. The van der Waals surface area contributed by atoms with E-state index in [9.17, 15) is 0 Å². The number of likely N-dealkylation sites (N-methyl/N-ethyl adjacent to an activating group) is 1. The Labute approximate surface area is 124 Å². The summed E-state index contributed by atoms with van der Waals surface area (Å²) < 4.78 is 17.0. The van der Waals surface area contributed by atoms with Gasteiger partial charge in [-0.1, -0.05) is 32.6 Å². The van der Waals surface area contributed by atoms with E-state index in [-0.39, 0.29) is 12.2 Å². The van der Waals surface area contributed by atoms with E-state index in [4.69, 9.17) is 14.2 Å². The van der Waals surface area contributed by atoms with Gasteiger partial charge in [-0.2, -0.15) is 0 Å². The normalized spacial score (nSPS) is 27.3. The van der Waals surface area contributed by atoms with E-state index in [2.05, 4.69) is 19.2 Å². The van der Waals surface area contributed by atoms with Crippen molar-refractivity contribution in [3.05, 3.63) is 0 Å². The fourth-order valence-corrected chi connectivity index (χ4v) is 2.71. The second kappa shape index (κ2) is 10.6. The van der Waals surface area contributed by atoms with E-state index in [1.807, 2.05) is 7.05 Å². The smallest absolute Gasteiger partial charge is 0.0991 e. The van der Waals surface area contributed by atoms with Crippen molar-refractivity contribution >= 4 is 0 Å². The van der Waals surface area contributed by atoms with Crippen molar-refractivity contribution in [2.75, 3.05) is 27.4 Å². The molecule has 0 heterocycles. The molecule has 20 heavy (non-hydrogen) atoms. The zero-order chi connectivity index (χ0) is 14.8. The third kappa shape index (κ3) is 6.08. The first-order valence-electron chi connectivity index (χ1n) is 8.16. The minimum Gasteiger partial charge on any atom is -0.382 e. The monoisotopic (exact) mass is 287 g/mol. The Bertz CT molecular complexity index is 238. The number of hydrogen-bond donors (Lipinski definition) is 1. The third-order valence-corrected chi connectivity index (χ3v) is 4.09. The van der Waals surface area contributed by atoms with Gasteiger partial charge in [0, 0.05) is 13.2 Å². The number of methoxy groups -OCH3 is 1. The number of hydrogen-bond acceptors (Lipinski definition) is 4. The van der Waals surface area contributed by atoms with E-state index >= 15 is 0 Å². The predicted molar refractivity (Wildman–Crippen MR) is 82.2 cm³/mol. The van der Waals surface area contributed by atoms with Crippen molar-refractivity contribution in [2.45, 2.75) is 76.7 Å². The van der Waals surface area contributed by atoms with Gasteiger partial charge in [-0.15, -0.1) is 0 Å². The first kappa shape index (κ1) is 17.9. The molecule has 0 spiro atoms. The topological polar surface area (TPSA) is 39.7 Å². The minimum absolute atomic E-state index is 0.174. The highest BCUT2D eigenvalue weighted by Crippen LogP contribution is 2.29. The lowest BCUT2D eigenvalue weighted by molar-refractivity contribution is -0.168. The molecule has 4 unspecified atom stereocenters. The average Bonchev–Trinajstić information content (AvgIpc) is 2.44. The Morgan fingerprint density at radius 1 is 1.20 bits per heavy atom. The summed E-state index contributed by atoms with van der Waals surface area (Å²) in [4.78, 5) is 0. The SMILES string of the molecule is CCCCCCC(C)OC1CC(NC)C1OCCOC. The molecule has 120 valence electrons. The molecule has 0 radical (unpaired) electrons. The van der Waals surface area contributed by atoms with Crippen LogP contribution in [-0.2, 0) is 14.2 Å². The summed E-state index contributed by atoms with van der Waals surface area (Å²) in [6, 6.07) is 0.421. The second-order valence-electron chi connectivity index (χ2n) is 5.79. The van der Waals surface area contributed by atoms with Gasteiger partial charge in [-0.25, -0.2) is 0 Å². The molecule has 1 N–H and O–H groups in total. The lowest BCUT2D eigenvalue weighted by Crippen LogP contribution is -2.60. The van der Waals surface area contributed by atoms with Crippen molar-refractivity contribution in [3.8, 4) is 0 Å². The van der Waals surface area contributed by atoms with Crippen LogP contribution >= 0.6 is 0 Å². The average molecular weight is 287 g/mol. The van der Waals surface area contributed by atoms with Crippen molar-refractivity contribution in [2.24, 2.45) is 0 Å². The first-order chi connectivity index (χ1) is 9.72. The zero-order valence-electron chi connectivity index (χ0n) is 13.7. The molecule has 4 nitrogen and oxygen atoms in total. The quantitative estimate of drug-likeness (QED) is 0.560. The van der Waals surface area contributed by atoms with Crippen LogP contribution in [0.4, 0.5) is 0 Å². The number of unbranched alkanes of at least 4 members (excludes halogenated alkanes) is 3. The Balaban J connectivity index is 2.20. The largest absolute Gasteiger partial charge is 0.382 e. The summed E-state index contributed by atoms with van der Waals surface area (Å²) in [6.07, 6.45) is 8.17. The molecule has 1 aliphatic carbocycles. The summed E-state index contributed by atoms with van der Waals surface area (Å²) in [5.41, 5.74) is 0. The van der Waals surface area contributed by atoms with E-state index in [1.165, 1.54) is 25.7 Å². The molecule has 0 amide bonds. The van der Waals surface area contributed by atoms with E-state index < -0.39 is 0 Å². The van der Waals surface area contributed by atoms with Gasteiger partial charge in [0.05, 0.1) is 31.5 Å². The summed E-state index contributed by atoms with van der Waals surface area (Å²) in [6.45, 7) is 5.72. The summed E-state index contributed by atoms with van der Waals surface area (Å²) in [5.74, 6) is 0. The van der Waals surface area contributed by atoms with Crippen LogP contribution in [0.5, 0.6) is 0 Å². The van der Waals surface area contributed by atoms with Gasteiger partial charge >= 0.3 is 0 Å². The van der Waals surface area contributed by atoms with Crippen LogP contribution in [0, 0.1) is 0 Å². The van der Waals surface area contributed by atoms with E-state index in [0.29, 0.717) is 25.4 Å². The van der Waals surface area contributed by atoms with Crippen LogP contribution in [0.1, 0.15) is 52.4 Å². The highest BCUT2D eigenvalue weighted by atomic mass is 16.6. The first-order valence-corrected chi connectivity index (χ1v) is 8.16. The Hall–Kier alpha value is -0.160. The zero-order valence-corrected chi connectivity index (χ0v) is 13.7. The molecule has 0 bridgehead atoms. The van der Waals surface area contributed by atoms with Gasteiger partial charge in [-0.05, 0) is 26.8 Å². The molecular weight excluding hydrogens is 254 g/mol. The second-order valence-corrected chi connectivity index (χ2v) is 5.79. The van der Waals surface area contributed by atoms with Crippen LogP contribution < -0.4 is 5.32 Å². The van der Waals surface area contributed by atoms with Gasteiger partial charge in [0.2, 0.25) is 0 Å². The molecule has 4 atom stereocenters. The summed E-state index contributed by atoms with van der Waals surface area (Å²) in [7, 11) is 3.69. The van der Waals surface area contributed by atoms with Crippen molar-refractivity contribution in [3.63, 3.8) is 0 Å². The highest BCUT2D eigenvalue weighted by molar-refractivity contribution is 4.97. The Morgan fingerprint density at radius 2 is 2.00 bits per heavy atom. The van der Waals surface area contributed by atoms with Gasteiger partial charge < -0.3 is 19.5 Å². The molecular formula is C16H33NO3. The molecule has 1 aliphatic rings. The summed E-state index contributed by atoms with van der Waals surface area (Å²) >= 11 is 0. The van der Waals surface area contributed by atoms with Crippen LogP contribution in [0.3, 0.4) is 0 Å². The van der Waals surface area contributed by atoms with Crippen molar-refractivity contribution in [1.82, 2.24) is 5.32 Å². The molecule has 0 aromatic heterocycles. The molecule has 1 fully saturated rings. The predicted octanol–water partition coefficient (Wildman–Crippen LogP) is 2.75. The van der Waals surface area contributed by atoms with Crippen LogP contribution in [-0.4, -0.2) is 51.7 Å². The standard InChI is InChI=1S/C16H33NO3/c1-5-6-7-8-9-13(2)20-15-12-14(17-3)16(15)19-11-10-18-4/h13-17H,5-12H2,1-4H3. The highest BCUT2D eigenvalue weighted by Gasteiger charge is 2.42. The fourth-order valence-electron chi connectivity index (χ4n) is 2.71. The summed E-state index contributed by atoms with van der Waals surface area (Å²) in [5, 5.41) is 3.30. The molecule has 0 aromatic carbocycles. The van der Waals surface area contributed by atoms with Gasteiger partial charge in [0.15, 0.2) is 0 Å². The van der Waals surface area contributed by atoms with Crippen molar-refractivity contribution < 1.29 is 14.2 Å². The molecule has 0 aliphatic heterocycles. The molecule has 0 saturated heterocycles. The molecule has 1 saturated carbocycles. The maximum Gasteiger partial charge on any atom is 0.0991 e. The minimum atomic E-state index is 0.174. The third-order valence-electron chi connectivity index (χ3n) is 4.09. The molecule has 1 rings (SSSR count). The molecule has 0 aromatic rings.